The van der Waals surface area contributed by atoms with Gasteiger partial charge in [-0.2, -0.15) is 0 Å². The van der Waals surface area contributed by atoms with Crippen LogP contribution in [0.15, 0.2) is 35.1 Å². The van der Waals surface area contributed by atoms with Crippen molar-refractivity contribution in [2.45, 2.75) is 32.0 Å². The quantitative estimate of drug-likeness (QED) is 0.875. The van der Waals surface area contributed by atoms with Crippen LogP contribution in [0.2, 0.25) is 0 Å². The van der Waals surface area contributed by atoms with Crippen molar-refractivity contribution >= 4 is 5.95 Å². The van der Waals surface area contributed by atoms with Crippen LogP contribution in [0.3, 0.4) is 0 Å². The first kappa shape index (κ1) is 15.4. The Morgan fingerprint density at radius 2 is 2.08 bits per heavy atom. The molecule has 1 fully saturated rings. The topological polar surface area (TPSA) is 78.2 Å². The van der Waals surface area contributed by atoms with Gasteiger partial charge in [0.2, 0.25) is 5.95 Å². The molecule has 1 saturated heterocycles. The van der Waals surface area contributed by atoms with Gasteiger partial charge in [0.1, 0.15) is 0 Å². The Hall–Kier alpha value is -2.18. The molecule has 2 aliphatic heterocycles. The number of fused-ring (bicyclic) bond motifs is 1. The number of nitrogens with zero attached hydrogens (tertiary/aromatic N) is 3. The summed E-state index contributed by atoms with van der Waals surface area (Å²) in [6, 6.07) is 10.5. The summed E-state index contributed by atoms with van der Waals surface area (Å²) in [5.41, 5.74) is 8.98. The molecule has 3 N–H and O–H groups in total. The molecule has 126 valence electrons. The predicted octanol–water partition coefficient (Wildman–Crippen LogP) is 0.866. The first-order valence-electron chi connectivity index (χ1n) is 8.58. The smallest absolute Gasteiger partial charge is 0.257 e. The minimum Gasteiger partial charge on any atom is -0.341 e. The molecule has 0 spiro atoms. The zero-order chi connectivity index (χ0) is 16.5. The molecule has 2 aromatic rings. The number of nitrogens with one attached hydrogen (secondary N) is 1. The Kier molecular flexibility index (Phi) is 4.08. The zero-order valence-corrected chi connectivity index (χ0v) is 13.7. The third kappa shape index (κ3) is 3.07. The average Bonchev–Trinajstić information content (AvgIpc) is 3.03. The van der Waals surface area contributed by atoms with Gasteiger partial charge in [0.05, 0.1) is 11.3 Å². The summed E-state index contributed by atoms with van der Waals surface area (Å²) in [7, 11) is 0. The Balaban J connectivity index is 1.53. The van der Waals surface area contributed by atoms with E-state index in [1.807, 2.05) is 6.07 Å². The fraction of sp³-hybridized carbons (Fsp3) is 0.444. The lowest BCUT2D eigenvalue weighted by atomic mass is 10.1. The van der Waals surface area contributed by atoms with E-state index in [9.17, 15) is 4.79 Å². The Bertz CT molecular complexity index is 773. The van der Waals surface area contributed by atoms with Gasteiger partial charge in [-0.25, -0.2) is 4.98 Å². The first-order valence-corrected chi connectivity index (χ1v) is 8.58. The van der Waals surface area contributed by atoms with Crippen LogP contribution in [-0.4, -0.2) is 40.5 Å². The molecule has 3 heterocycles. The van der Waals surface area contributed by atoms with Crippen molar-refractivity contribution in [1.82, 2.24) is 14.9 Å². The molecule has 24 heavy (non-hydrogen) atoms. The molecule has 2 aliphatic rings. The summed E-state index contributed by atoms with van der Waals surface area (Å²) in [6.07, 6.45) is 1.77. The monoisotopic (exact) mass is 325 g/mol. The van der Waals surface area contributed by atoms with Gasteiger partial charge < -0.3 is 10.6 Å². The van der Waals surface area contributed by atoms with Crippen molar-refractivity contribution < 1.29 is 0 Å². The molecule has 4 rings (SSSR count). The highest BCUT2D eigenvalue weighted by atomic mass is 16.1. The molecule has 0 radical (unpaired) electrons. The van der Waals surface area contributed by atoms with E-state index in [2.05, 4.69) is 39.0 Å². The third-order valence-electron chi connectivity index (χ3n) is 4.91. The van der Waals surface area contributed by atoms with Gasteiger partial charge in [0, 0.05) is 45.2 Å². The van der Waals surface area contributed by atoms with E-state index in [0.717, 1.165) is 50.3 Å². The van der Waals surface area contributed by atoms with Crippen molar-refractivity contribution in [2.24, 2.45) is 5.73 Å². The van der Waals surface area contributed by atoms with Crippen LogP contribution in [0.5, 0.6) is 0 Å². The first-order chi connectivity index (χ1) is 11.7. The molecule has 0 aliphatic carbocycles. The number of nitrogens with two attached hydrogens (primary N) is 1. The number of rotatable bonds is 3. The number of hydrogen-bond acceptors (Lipinski definition) is 5. The number of anilines is 1. The van der Waals surface area contributed by atoms with Crippen LogP contribution < -0.4 is 16.2 Å². The van der Waals surface area contributed by atoms with Crippen molar-refractivity contribution in [3.8, 4) is 0 Å². The highest BCUT2D eigenvalue weighted by Crippen LogP contribution is 2.20. The summed E-state index contributed by atoms with van der Waals surface area (Å²) in [5, 5.41) is 0. The van der Waals surface area contributed by atoms with E-state index >= 15 is 0 Å². The Morgan fingerprint density at radius 1 is 1.25 bits per heavy atom. The van der Waals surface area contributed by atoms with Gasteiger partial charge in [-0.3, -0.25) is 14.7 Å². The van der Waals surface area contributed by atoms with Gasteiger partial charge in [-0.05, 0) is 12.0 Å². The third-order valence-corrected chi connectivity index (χ3v) is 4.91. The second kappa shape index (κ2) is 6.37. The van der Waals surface area contributed by atoms with Crippen molar-refractivity contribution in [1.29, 1.82) is 0 Å². The largest absolute Gasteiger partial charge is 0.341 e. The molecule has 0 saturated carbocycles. The average molecular weight is 325 g/mol. The Morgan fingerprint density at radius 3 is 2.83 bits per heavy atom. The van der Waals surface area contributed by atoms with Crippen LogP contribution in [0.1, 0.15) is 23.2 Å². The summed E-state index contributed by atoms with van der Waals surface area (Å²) < 4.78 is 0. The summed E-state index contributed by atoms with van der Waals surface area (Å²) in [4.78, 5) is 24.6. The Labute approximate surface area is 141 Å². The number of hydrogen-bond donors (Lipinski definition) is 2. The number of aromatic amines is 1. The molecule has 0 amide bonds. The van der Waals surface area contributed by atoms with Crippen molar-refractivity contribution in [3.05, 3.63) is 57.5 Å². The molecular formula is C18H23N5O. The SMILES string of the molecule is N[C@H]1CCN(c2nc3c(c(=O)[nH]2)CN(Cc2ccccc2)CC3)C1. The normalized spacial score (nSPS) is 21.0. The molecule has 1 aromatic carbocycles. The van der Waals surface area contributed by atoms with Crippen LogP contribution >= 0.6 is 0 Å². The molecule has 1 atom stereocenters. The fourth-order valence-electron chi connectivity index (χ4n) is 3.57. The predicted molar refractivity (Wildman–Crippen MR) is 93.9 cm³/mol. The van der Waals surface area contributed by atoms with Crippen LogP contribution in [0, 0.1) is 0 Å². The maximum atomic E-state index is 12.5. The molecule has 1 aromatic heterocycles. The number of aromatic nitrogens is 2. The number of H-pyrrole nitrogens is 1. The lowest BCUT2D eigenvalue weighted by molar-refractivity contribution is 0.242. The fourth-order valence-corrected chi connectivity index (χ4v) is 3.57. The van der Waals surface area contributed by atoms with E-state index in [-0.39, 0.29) is 11.6 Å². The molecule has 6 nitrogen and oxygen atoms in total. The van der Waals surface area contributed by atoms with Crippen molar-refractivity contribution in [2.75, 3.05) is 24.5 Å². The second-order valence-electron chi connectivity index (χ2n) is 6.76. The van der Waals surface area contributed by atoms with Crippen LogP contribution in [-0.2, 0) is 19.5 Å². The second-order valence-corrected chi connectivity index (χ2v) is 6.76. The maximum Gasteiger partial charge on any atom is 0.257 e. The molecule has 6 heteroatoms. The molecule has 0 bridgehead atoms. The van der Waals surface area contributed by atoms with Gasteiger partial charge in [-0.1, -0.05) is 30.3 Å². The van der Waals surface area contributed by atoms with Gasteiger partial charge in [-0.15, -0.1) is 0 Å². The molecule has 0 unspecified atom stereocenters. The zero-order valence-electron chi connectivity index (χ0n) is 13.7. The van der Waals surface area contributed by atoms with E-state index in [1.165, 1.54) is 5.56 Å². The minimum absolute atomic E-state index is 0.00627. The van der Waals surface area contributed by atoms with E-state index in [4.69, 9.17) is 10.7 Å². The summed E-state index contributed by atoms with van der Waals surface area (Å²) >= 11 is 0. The minimum atomic E-state index is -0.00627. The number of benzene rings is 1. The standard InChI is InChI=1S/C18H23N5O/c19-14-6-9-23(11-14)18-20-16-7-8-22(12-15(16)17(24)21-18)10-13-4-2-1-3-5-13/h1-5,14H,6-12,19H2,(H,20,21,24)/t14-/m0/s1. The highest BCUT2D eigenvalue weighted by Gasteiger charge is 2.25. The highest BCUT2D eigenvalue weighted by molar-refractivity contribution is 5.36. The van der Waals surface area contributed by atoms with Crippen LogP contribution in [0.4, 0.5) is 5.95 Å². The maximum absolute atomic E-state index is 12.5. The van der Waals surface area contributed by atoms with E-state index in [0.29, 0.717) is 12.5 Å². The summed E-state index contributed by atoms with van der Waals surface area (Å²) in [6.45, 7) is 4.08. The van der Waals surface area contributed by atoms with Crippen LogP contribution in [0.25, 0.3) is 0 Å². The van der Waals surface area contributed by atoms with Gasteiger partial charge >= 0.3 is 0 Å². The van der Waals surface area contributed by atoms with Gasteiger partial charge in [0.25, 0.3) is 5.56 Å². The molecular weight excluding hydrogens is 302 g/mol. The van der Waals surface area contributed by atoms with E-state index in [1.54, 1.807) is 0 Å². The summed E-state index contributed by atoms with van der Waals surface area (Å²) in [5.74, 6) is 0.684. The van der Waals surface area contributed by atoms with Gasteiger partial charge in [0.15, 0.2) is 0 Å². The van der Waals surface area contributed by atoms with E-state index < -0.39 is 0 Å². The lowest BCUT2D eigenvalue weighted by Gasteiger charge is -2.28. The lowest BCUT2D eigenvalue weighted by Crippen LogP contribution is -2.37. The van der Waals surface area contributed by atoms with Crippen molar-refractivity contribution in [3.63, 3.8) is 0 Å².